The number of rotatable bonds is 5. The van der Waals surface area contributed by atoms with Crippen molar-refractivity contribution in [3.05, 3.63) is 53.5 Å². The van der Waals surface area contributed by atoms with Crippen LogP contribution in [0.15, 0.2) is 30.9 Å². The van der Waals surface area contributed by atoms with Gasteiger partial charge in [-0.2, -0.15) is 15.2 Å². The van der Waals surface area contributed by atoms with E-state index in [9.17, 15) is 14.3 Å². The summed E-state index contributed by atoms with van der Waals surface area (Å²) in [6.45, 7) is 11.4. The lowest BCUT2D eigenvalue weighted by Gasteiger charge is -2.35. The molecule has 1 aromatic carbocycles. The second-order valence-corrected chi connectivity index (χ2v) is 9.59. The van der Waals surface area contributed by atoms with Crippen LogP contribution in [0.5, 0.6) is 11.8 Å². The van der Waals surface area contributed by atoms with E-state index in [0.717, 1.165) is 17.1 Å². The summed E-state index contributed by atoms with van der Waals surface area (Å²) >= 11 is 0. The van der Waals surface area contributed by atoms with Gasteiger partial charge in [0.2, 0.25) is 5.91 Å². The first-order valence-electron chi connectivity index (χ1n) is 13.1. The number of aromatic nitrogens is 2. The number of likely N-dealkylation sites (tertiary alicyclic amines) is 1. The van der Waals surface area contributed by atoms with Gasteiger partial charge in [0.15, 0.2) is 0 Å². The monoisotopic (exact) mass is 539 g/mol. The van der Waals surface area contributed by atoms with Crippen LogP contribution in [0.1, 0.15) is 36.6 Å². The molecule has 3 aliphatic heterocycles. The van der Waals surface area contributed by atoms with Crippen LogP contribution < -0.4 is 9.64 Å². The Bertz CT molecular complexity index is 1150. The second kappa shape index (κ2) is 14.4. The number of hydrogen-bond donors (Lipinski definition) is 1. The van der Waals surface area contributed by atoms with Gasteiger partial charge in [0.1, 0.15) is 17.4 Å². The number of carbonyl (C=O) groups is 1. The fourth-order valence-corrected chi connectivity index (χ4v) is 4.81. The molecule has 0 aliphatic carbocycles. The number of methoxy groups -OCH3 is 1. The molecule has 0 radical (unpaired) electrons. The molecular weight excluding hydrogens is 501 g/mol. The van der Waals surface area contributed by atoms with E-state index < -0.39 is 5.82 Å². The van der Waals surface area contributed by atoms with Crippen molar-refractivity contribution in [1.82, 2.24) is 24.7 Å². The van der Waals surface area contributed by atoms with E-state index in [1.54, 1.807) is 11.0 Å². The Labute approximate surface area is 229 Å². The van der Waals surface area contributed by atoms with Gasteiger partial charge in [0.25, 0.3) is 0 Å². The predicted octanol–water partition coefficient (Wildman–Crippen LogP) is 2.92. The van der Waals surface area contributed by atoms with E-state index in [0.29, 0.717) is 39.3 Å². The number of anilines is 1. The summed E-state index contributed by atoms with van der Waals surface area (Å²) in [5, 5.41) is 17.4. The Hall–Kier alpha value is -3.75. The highest BCUT2D eigenvalue weighted by atomic mass is 19.1. The maximum absolute atomic E-state index is 14.2. The largest absolute Gasteiger partial charge is 0.508 e. The van der Waals surface area contributed by atoms with E-state index in [1.807, 2.05) is 4.90 Å². The van der Waals surface area contributed by atoms with Gasteiger partial charge in [-0.25, -0.2) is 4.39 Å². The highest BCUT2D eigenvalue weighted by Gasteiger charge is 2.30. The van der Waals surface area contributed by atoms with Crippen LogP contribution in [-0.4, -0.2) is 89.1 Å². The Morgan fingerprint density at radius 1 is 1.18 bits per heavy atom. The van der Waals surface area contributed by atoms with Gasteiger partial charge in [-0.15, -0.1) is 0 Å². The third-order valence-corrected chi connectivity index (χ3v) is 6.86. The van der Waals surface area contributed by atoms with Crippen molar-refractivity contribution in [2.24, 2.45) is 0 Å². The van der Waals surface area contributed by atoms with E-state index >= 15 is 0 Å². The molecule has 4 heterocycles. The number of phenolic OH excluding ortho intramolecular Hbond substituents is 1. The first kappa shape index (κ1) is 29.8. The van der Waals surface area contributed by atoms with Gasteiger partial charge >= 0.3 is 6.01 Å². The number of nitrogens with zero attached hydrogens (tertiary/aromatic N) is 7. The fourth-order valence-electron chi connectivity index (χ4n) is 4.81. The van der Waals surface area contributed by atoms with Crippen molar-refractivity contribution in [1.29, 1.82) is 5.26 Å². The molecule has 0 spiro atoms. The maximum Gasteiger partial charge on any atom is 0.318 e. The number of carbonyl (C=O) groups excluding carboxylic acids is 1. The van der Waals surface area contributed by atoms with Crippen molar-refractivity contribution in [3.63, 3.8) is 0 Å². The summed E-state index contributed by atoms with van der Waals surface area (Å²) < 4.78 is 19.5. The van der Waals surface area contributed by atoms with Gasteiger partial charge in [0, 0.05) is 63.9 Å². The number of nitriles is 1. The number of amides is 1. The molecule has 1 N–H and O–H groups in total. The topological polar surface area (TPSA) is 109 Å². The van der Waals surface area contributed by atoms with Crippen LogP contribution in [0.4, 0.5) is 10.2 Å². The molecule has 2 saturated heterocycles. The quantitative estimate of drug-likeness (QED) is 0.574. The van der Waals surface area contributed by atoms with Crippen molar-refractivity contribution in [2.45, 2.75) is 39.4 Å². The fraction of sp³-hybridized carbons (Fsp3) is 0.500. The summed E-state index contributed by atoms with van der Waals surface area (Å²) in [7, 11) is 3.70. The standard InChI is InChI=1S/C21H24FN5O3.C5H11N.C2H3N/c1-3-19(29)26-7-9-27(10-8-26)20-15-12-25(13-17(15)23-21(24-20)30-2)11-14-16(22)5-4-6-18(14)28;1-6-4-2-3-5-6;1-2-3/h3-6,28H,1,7-13H2,2H3;2-5H2,1H3;1H3. The summed E-state index contributed by atoms with van der Waals surface area (Å²) in [5.74, 6) is 0.217. The lowest BCUT2D eigenvalue weighted by atomic mass is 10.1. The molecule has 3 aliphatic rings. The maximum atomic E-state index is 14.2. The van der Waals surface area contributed by atoms with Crippen LogP contribution >= 0.6 is 0 Å². The molecule has 1 amide bonds. The zero-order valence-electron chi connectivity index (χ0n) is 23.1. The van der Waals surface area contributed by atoms with Crippen molar-refractivity contribution in [3.8, 4) is 17.8 Å². The van der Waals surface area contributed by atoms with Gasteiger partial charge in [-0.1, -0.05) is 12.6 Å². The number of fused-ring (bicyclic) bond motifs is 1. The average molecular weight is 540 g/mol. The number of ether oxygens (including phenoxy) is 1. The minimum absolute atomic E-state index is 0.0575. The number of phenols is 1. The first-order valence-corrected chi connectivity index (χ1v) is 13.1. The zero-order chi connectivity index (χ0) is 28.4. The third kappa shape index (κ3) is 7.88. The van der Waals surface area contributed by atoms with Crippen LogP contribution in [0.25, 0.3) is 0 Å². The first-order chi connectivity index (χ1) is 18.8. The second-order valence-electron chi connectivity index (χ2n) is 9.59. The SMILES string of the molecule is C=CC(=O)N1CCN(c2nc(OC)nc3c2CN(Cc2c(O)cccc2F)C3)CC1.CC#N.CN1CCCC1. The lowest BCUT2D eigenvalue weighted by molar-refractivity contribution is -0.126. The number of piperazine rings is 1. The number of halogens is 1. The number of benzene rings is 1. The third-order valence-electron chi connectivity index (χ3n) is 6.86. The number of aromatic hydroxyl groups is 1. The molecule has 2 aromatic rings. The molecule has 0 atom stereocenters. The molecule has 10 nitrogen and oxygen atoms in total. The minimum Gasteiger partial charge on any atom is -0.508 e. The Morgan fingerprint density at radius 3 is 2.38 bits per heavy atom. The van der Waals surface area contributed by atoms with E-state index in [1.165, 1.54) is 64.2 Å². The summed E-state index contributed by atoms with van der Waals surface area (Å²) in [6, 6.07) is 6.35. The number of hydrogen-bond acceptors (Lipinski definition) is 9. The Kier molecular flexibility index (Phi) is 11.0. The van der Waals surface area contributed by atoms with Gasteiger partial charge in [-0.3, -0.25) is 9.69 Å². The Balaban J connectivity index is 0.000000400. The molecule has 5 rings (SSSR count). The van der Waals surface area contributed by atoms with Crippen LogP contribution in [0.2, 0.25) is 0 Å². The molecule has 1 aromatic heterocycles. The molecule has 39 heavy (non-hydrogen) atoms. The molecule has 0 bridgehead atoms. The normalized spacial score (nSPS) is 16.8. The zero-order valence-corrected chi connectivity index (χ0v) is 23.1. The smallest absolute Gasteiger partial charge is 0.318 e. The van der Waals surface area contributed by atoms with E-state index in [2.05, 4.69) is 33.4 Å². The van der Waals surface area contributed by atoms with Gasteiger partial charge < -0.3 is 24.5 Å². The van der Waals surface area contributed by atoms with Crippen molar-refractivity contribution >= 4 is 11.7 Å². The minimum atomic E-state index is -0.433. The average Bonchev–Trinajstić information content (AvgIpc) is 3.59. The van der Waals surface area contributed by atoms with E-state index in [-0.39, 0.29) is 29.8 Å². The van der Waals surface area contributed by atoms with Gasteiger partial charge in [0.05, 0.1) is 18.9 Å². The highest BCUT2D eigenvalue weighted by Crippen LogP contribution is 2.33. The van der Waals surface area contributed by atoms with Crippen molar-refractivity contribution in [2.75, 3.05) is 58.3 Å². The van der Waals surface area contributed by atoms with E-state index in [4.69, 9.17) is 10.00 Å². The lowest BCUT2D eigenvalue weighted by Crippen LogP contribution is -2.48. The predicted molar refractivity (Wildman–Crippen MR) is 147 cm³/mol. The van der Waals surface area contributed by atoms with Crippen LogP contribution in [0.3, 0.4) is 0 Å². The highest BCUT2D eigenvalue weighted by molar-refractivity contribution is 5.87. The molecule has 210 valence electrons. The molecule has 0 saturated carbocycles. The summed E-state index contributed by atoms with van der Waals surface area (Å²) in [5.41, 5.74) is 2.07. The van der Waals surface area contributed by atoms with Gasteiger partial charge in [-0.05, 0) is 51.2 Å². The van der Waals surface area contributed by atoms with Crippen LogP contribution in [0, 0.1) is 17.1 Å². The molecular formula is C28H38FN7O3. The van der Waals surface area contributed by atoms with Crippen molar-refractivity contribution < 1.29 is 19.0 Å². The molecule has 2 fully saturated rings. The molecule has 0 unspecified atom stereocenters. The summed E-state index contributed by atoms with van der Waals surface area (Å²) in [6.07, 6.45) is 4.16. The summed E-state index contributed by atoms with van der Waals surface area (Å²) in [4.78, 5) is 29.2. The van der Waals surface area contributed by atoms with Crippen LogP contribution in [-0.2, 0) is 24.4 Å². The molecule has 11 heteroatoms. The Morgan fingerprint density at radius 2 is 1.85 bits per heavy atom.